The molecule has 0 fully saturated rings. The van der Waals surface area contributed by atoms with Crippen LogP contribution in [0.3, 0.4) is 0 Å². The Bertz CT molecular complexity index is 1310. The molecule has 2 aromatic carbocycles. The molecule has 1 aromatic heterocycles. The van der Waals surface area contributed by atoms with Gasteiger partial charge in [0, 0.05) is 22.8 Å². The Hall–Kier alpha value is -4.65. The summed E-state index contributed by atoms with van der Waals surface area (Å²) in [5.41, 5.74) is 1.66. The van der Waals surface area contributed by atoms with Gasteiger partial charge < -0.3 is 18.6 Å². The maximum atomic E-state index is 12.4. The lowest BCUT2D eigenvalue weighted by Gasteiger charge is -2.06. The lowest BCUT2D eigenvalue weighted by atomic mass is 10.2. The number of allylic oxidation sites excluding steroid dienone is 1. The summed E-state index contributed by atoms with van der Waals surface area (Å²) < 4.78 is 21.5. The zero-order valence-corrected chi connectivity index (χ0v) is 19.6. The van der Waals surface area contributed by atoms with Crippen molar-refractivity contribution < 1.29 is 33.0 Å². The van der Waals surface area contributed by atoms with E-state index in [0.29, 0.717) is 39.9 Å². The molecule has 0 saturated heterocycles. The molecule has 178 valence electrons. The number of ether oxygens (including phenoxy) is 3. The average molecular weight is 472 g/mol. The van der Waals surface area contributed by atoms with Gasteiger partial charge in [-0.05, 0) is 81.4 Å². The fourth-order valence-electron chi connectivity index (χ4n) is 2.76. The molecule has 7 nitrogen and oxygen atoms in total. The van der Waals surface area contributed by atoms with E-state index in [1.54, 1.807) is 63.2 Å². The zero-order chi connectivity index (χ0) is 25.5. The highest BCUT2D eigenvalue weighted by molar-refractivity contribution is 5.91. The van der Waals surface area contributed by atoms with Crippen LogP contribution in [0.2, 0.25) is 0 Å². The number of esters is 3. The Kier molecular flexibility index (Phi) is 7.84. The van der Waals surface area contributed by atoms with Gasteiger partial charge in [-0.3, -0.25) is 0 Å². The molecule has 0 radical (unpaired) electrons. The van der Waals surface area contributed by atoms with Crippen LogP contribution in [0.4, 0.5) is 0 Å². The summed E-state index contributed by atoms with van der Waals surface area (Å²) in [5.74, 6) is 0.511. The van der Waals surface area contributed by atoms with Gasteiger partial charge in [0.05, 0.1) is 5.56 Å². The third kappa shape index (κ3) is 6.91. The second kappa shape index (κ2) is 11.0. The lowest BCUT2D eigenvalue weighted by Crippen LogP contribution is -2.08. The topological polar surface area (TPSA) is 92.0 Å². The largest absolute Gasteiger partial charge is 0.457 e. The van der Waals surface area contributed by atoms with E-state index in [-0.39, 0.29) is 5.57 Å². The van der Waals surface area contributed by atoms with Gasteiger partial charge in [-0.25, -0.2) is 14.4 Å². The summed E-state index contributed by atoms with van der Waals surface area (Å²) in [6, 6.07) is 16.4. The quantitative estimate of drug-likeness (QED) is 0.169. The second-order valence-corrected chi connectivity index (χ2v) is 7.73. The maximum absolute atomic E-state index is 12.4. The van der Waals surface area contributed by atoms with E-state index in [9.17, 15) is 14.4 Å². The molecule has 7 heteroatoms. The molecule has 0 aliphatic heterocycles. The predicted octanol–water partition coefficient (Wildman–Crippen LogP) is 6.13. The van der Waals surface area contributed by atoms with Gasteiger partial charge >= 0.3 is 17.9 Å². The Labute approximate surface area is 202 Å². The first-order valence-electron chi connectivity index (χ1n) is 10.6. The monoisotopic (exact) mass is 472 g/mol. The SMILES string of the molecule is C=C(C)C(=O)Oc1ccc(C(=O)OC(C)=Cc2ccc(-c3ccc(OC(=O)C(=C)C)cc3)o2)cc1. The predicted molar refractivity (Wildman–Crippen MR) is 131 cm³/mol. The van der Waals surface area contributed by atoms with Crippen molar-refractivity contribution in [1.29, 1.82) is 0 Å². The number of carbonyl (C=O) groups excluding carboxylic acids is 3. The third-order valence-electron chi connectivity index (χ3n) is 4.57. The van der Waals surface area contributed by atoms with Crippen molar-refractivity contribution in [3.63, 3.8) is 0 Å². The fourth-order valence-corrected chi connectivity index (χ4v) is 2.76. The molecule has 0 amide bonds. The summed E-state index contributed by atoms with van der Waals surface area (Å²) >= 11 is 0. The van der Waals surface area contributed by atoms with Crippen LogP contribution in [-0.4, -0.2) is 17.9 Å². The standard InChI is InChI=1S/C28H24O7/c1-17(2)26(29)34-22-10-6-20(7-11-22)25-15-14-24(33-25)16-19(5)32-28(31)21-8-12-23(13-9-21)35-27(30)18(3)4/h6-16H,1,3H2,2,4-5H3. The Morgan fingerprint density at radius 1 is 0.743 bits per heavy atom. The molecule has 0 spiro atoms. The summed E-state index contributed by atoms with van der Waals surface area (Å²) in [4.78, 5) is 35.6. The molecule has 0 atom stereocenters. The number of carbonyl (C=O) groups is 3. The van der Waals surface area contributed by atoms with Crippen LogP contribution in [0, 0.1) is 0 Å². The molecule has 0 bridgehead atoms. The smallest absolute Gasteiger partial charge is 0.343 e. The number of benzene rings is 2. The Morgan fingerprint density at radius 3 is 1.77 bits per heavy atom. The van der Waals surface area contributed by atoms with E-state index in [1.807, 2.05) is 0 Å². The molecule has 0 aliphatic rings. The molecule has 0 N–H and O–H groups in total. The Balaban J connectivity index is 1.61. The van der Waals surface area contributed by atoms with E-state index in [0.717, 1.165) is 5.56 Å². The van der Waals surface area contributed by atoms with E-state index in [1.165, 1.54) is 24.3 Å². The van der Waals surface area contributed by atoms with Crippen LogP contribution in [0.1, 0.15) is 36.9 Å². The van der Waals surface area contributed by atoms with Crippen molar-refractivity contribution in [3.8, 4) is 22.8 Å². The van der Waals surface area contributed by atoms with Gasteiger partial charge in [0.2, 0.25) is 0 Å². The molecule has 3 aromatic rings. The molecule has 0 aliphatic carbocycles. The van der Waals surface area contributed by atoms with Crippen molar-refractivity contribution in [2.45, 2.75) is 20.8 Å². The van der Waals surface area contributed by atoms with Gasteiger partial charge in [0.25, 0.3) is 0 Å². The summed E-state index contributed by atoms with van der Waals surface area (Å²) in [5, 5.41) is 0. The van der Waals surface area contributed by atoms with Gasteiger partial charge in [0.1, 0.15) is 28.8 Å². The first-order chi connectivity index (χ1) is 16.6. The number of furan rings is 1. The van der Waals surface area contributed by atoms with Crippen LogP contribution in [-0.2, 0) is 14.3 Å². The van der Waals surface area contributed by atoms with E-state index >= 15 is 0 Å². The maximum Gasteiger partial charge on any atom is 0.343 e. The van der Waals surface area contributed by atoms with Gasteiger partial charge in [-0.15, -0.1) is 0 Å². The minimum atomic E-state index is -0.566. The highest BCUT2D eigenvalue weighted by Crippen LogP contribution is 2.26. The average Bonchev–Trinajstić information content (AvgIpc) is 3.28. The first kappa shape index (κ1) is 25.0. The summed E-state index contributed by atoms with van der Waals surface area (Å²) in [6.07, 6.45) is 1.59. The van der Waals surface area contributed by atoms with Crippen molar-refractivity contribution in [1.82, 2.24) is 0 Å². The second-order valence-electron chi connectivity index (χ2n) is 7.73. The van der Waals surface area contributed by atoms with Crippen molar-refractivity contribution >= 4 is 24.0 Å². The van der Waals surface area contributed by atoms with E-state index < -0.39 is 17.9 Å². The minimum absolute atomic E-state index is 0.274. The van der Waals surface area contributed by atoms with E-state index in [2.05, 4.69) is 13.2 Å². The lowest BCUT2D eigenvalue weighted by molar-refractivity contribution is -0.130. The van der Waals surface area contributed by atoms with Crippen molar-refractivity contribution in [2.75, 3.05) is 0 Å². The van der Waals surface area contributed by atoms with Crippen LogP contribution in [0.25, 0.3) is 17.4 Å². The van der Waals surface area contributed by atoms with E-state index in [4.69, 9.17) is 18.6 Å². The number of hydrogen-bond donors (Lipinski definition) is 0. The van der Waals surface area contributed by atoms with Crippen LogP contribution < -0.4 is 9.47 Å². The first-order valence-corrected chi connectivity index (χ1v) is 10.6. The molecular weight excluding hydrogens is 448 g/mol. The highest BCUT2D eigenvalue weighted by atomic mass is 16.5. The molecular formula is C28H24O7. The van der Waals surface area contributed by atoms with Gasteiger partial charge in [0.15, 0.2) is 0 Å². The highest BCUT2D eigenvalue weighted by Gasteiger charge is 2.12. The molecule has 1 heterocycles. The molecule has 0 unspecified atom stereocenters. The van der Waals surface area contributed by atoms with Gasteiger partial charge in [-0.2, -0.15) is 0 Å². The minimum Gasteiger partial charge on any atom is -0.457 e. The number of rotatable bonds is 8. The van der Waals surface area contributed by atoms with Crippen LogP contribution in [0.5, 0.6) is 11.5 Å². The Morgan fingerprint density at radius 2 is 1.26 bits per heavy atom. The molecule has 35 heavy (non-hydrogen) atoms. The van der Waals surface area contributed by atoms with Gasteiger partial charge in [-0.1, -0.05) is 13.2 Å². The van der Waals surface area contributed by atoms with Crippen LogP contribution in [0.15, 0.2) is 95.1 Å². The summed E-state index contributed by atoms with van der Waals surface area (Å²) in [7, 11) is 0. The van der Waals surface area contributed by atoms with Crippen LogP contribution >= 0.6 is 0 Å². The summed E-state index contributed by atoms with van der Waals surface area (Å²) in [6.45, 7) is 11.8. The fraction of sp³-hybridized carbons (Fsp3) is 0.107. The molecule has 3 rings (SSSR count). The van der Waals surface area contributed by atoms with Crippen molar-refractivity contribution in [2.24, 2.45) is 0 Å². The van der Waals surface area contributed by atoms with Crippen molar-refractivity contribution in [3.05, 3.63) is 102 Å². The normalized spacial score (nSPS) is 10.9. The molecule has 0 saturated carbocycles. The third-order valence-corrected chi connectivity index (χ3v) is 4.57. The zero-order valence-electron chi connectivity index (χ0n) is 19.6. The number of hydrogen-bond acceptors (Lipinski definition) is 7.